The number of nitrogens with zero attached hydrogens (tertiary/aromatic N) is 1. The van der Waals surface area contributed by atoms with Crippen molar-refractivity contribution in [3.63, 3.8) is 0 Å². The molecule has 1 heterocycles. The van der Waals surface area contributed by atoms with Crippen LogP contribution < -0.4 is 11.1 Å². The fourth-order valence-electron chi connectivity index (χ4n) is 1.44. The molecule has 16 heavy (non-hydrogen) atoms. The molecule has 1 aromatic heterocycles. The van der Waals surface area contributed by atoms with Gasteiger partial charge in [0.25, 0.3) is 0 Å². The molecule has 3 heteroatoms. The van der Waals surface area contributed by atoms with Gasteiger partial charge in [-0.3, -0.25) is 0 Å². The van der Waals surface area contributed by atoms with E-state index in [9.17, 15) is 0 Å². The normalized spacial score (nSPS) is 11.1. The highest BCUT2D eigenvalue weighted by atomic mass is 14.8. The Hall–Kier alpha value is -1.35. The van der Waals surface area contributed by atoms with E-state index in [4.69, 9.17) is 5.73 Å². The quantitative estimate of drug-likeness (QED) is 0.546. The lowest BCUT2D eigenvalue weighted by Gasteiger charge is -2.00. The molecule has 0 radical (unpaired) electrons. The summed E-state index contributed by atoms with van der Waals surface area (Å²) in [6.45, 7) is 4.32. The number of anilines is 1. The minimum atomic E-state index is 0.635. The molecule has 3 nitrogen and oxygen atoms in total. The first-order valence-electron chi connectivity index (χ1n) is 5.89. The number of aromatic nitrogens is 1. The summed E-state index contributed by atoms with van der Waals surface area (Å²) in [5.74, 6) is 0.635. The number of allylic oxidation sites excluding steroid dienone is 1. The third kappa shape index (κ3) is 4.94. The van der Waals surface area contributed by atoms with Gasteiger partial charge in [0.2, 0.25) is 0 Å². The van der Waals surface area contributed by atoms with Crippen molar-refractivity contribution in [2.75, 3.05) is 18.8 Å². The summed E-state index contributed by atoms with van der Waals surface area (Å²) in [4.78, 5) is 4.05. The van der Waals surface area contributed by atoms with Gasteiger partial charge in [-0.25, -0.2) is 4.98 Å². The molecule has 0 aliphatic heterocycles. The molecule has 0 saturated heterocycles. The molecule has 0 amide bonds. The van der Waals surface area contributed by atoms with Crippen molar-refractivity contribution in [2.45, 2.75) is 26.2 Å². The van der Waals surface area contributed by atoms with E-state index in [2.05, 4.69) is 29.4 Å². The van der Waals surface area contributed by atoms with Crippen molar-refractivity contribution >= 4 is 5.82 Å². The van der Waals surface area contributed by atoms with Crippen molar-refractivity contribution in [1.29, 1.82) is 0 Å². The maximum absolute atomic E-state index is 5.74. The predicted molar refractivity (Wildman–Crippen MR) is 69.3 cm³/mol. The first kappa shape index (κ1) is 12.7. The van der Waals surface area contributed by atoms with E-state index in [1.54, 1.807) is 6.20 Å². The third-order valence-corrected chi connectivity index (χ3v) is 2.35. The van der Waals surface area contributed by atoms with Crippen LogP contribution in [0.25, 0.3) is 0 Å². The smallest absolute Gasteiger partial charge is 0.126 e. The lowest BCUT2D eigenvalue weighted by Crippen LogP contribution is -2.15. The Morgan fingerprint density at radius 2 is 2.25 bits per heavy atom. The Morgan fingerprint density at radius 3 is 3.00 bits per heavy atom. The third-order valence-electron chi connectivity index (χ3n) is 2.35. The molecule has 3 N–H and O–H groups in total. The molecule has 1 aromatic rings. The van der Waals surface area contributed by atoms with Crippen LogP contribution in [0.15, 0.2) is 30.5 Å². The predicted octanol–water partition coefficient (Wildman–Crippen LogP) is 2.15. The van der Waals surface area contributed by atoms with E-state index in [0.717, 1.165) is 31.5 Å². The number of hydrogen-bond donors (Lipinski definition) is 2. The Morgan fingerprint density at radius 1 is 1.38 bits per heavy atom. The number of nitrogens with one attached hydrogen (secondary N) is 1. The average Bonchev–Trinajstić information content (AvgIpc) is 2.30. The van der Waals surface area contributed by atoms with Gasteiger partial charge in [0, 0.05) is 6.20 Å². The van der Waals surface area contributed by atoms with Gasteiger partial charge in [0.05, 0.1) is 0 Å². The summed E-state index contributed by atoms with van der Waals surface area (Å²) < 4.78 is 0. The summed E-state index contributed by atoms with van der Waals surface area (Å²) in [7, 11) is 0. The molecule has 0 saturated carbocycles. The van der Waals surface area contributed by atoms with Crippen LogP contribution in [0.2, 0.25) is 0 Å². The van der Waals surface area contributed by atoms with Gasteiger partial charge in [-0.2, -0.15) is 0 Å². The summed E-state index contributed by atoms with van der Waals surface area (Å²) in [6.07, 6.45) is 9.19. The molecule has 0 bridgehead atoms. The SMILES string of the molecule is CCCNCCC=CCc1cccnc1N. The molecular weight excluding hydrogens is 198 g/mol. The summed E-state index contributed by atoms with van der Waals surface area (Å²) in [6, 6.07) is 3.93. The largest absolute Gasteiger partial charge is 0.383 e. The Labute approximate surface area is 97.8 Å². The Bertz CT molecular complexity index is 321. The molecule has 0 aromatic carbocycles. The van der Waals surface area contributed by atoms with Crippen LogP contribution in [-0.2, 0) is 6.42 Å². The Balaban J connectivity index is 2.19. The van der Waals surface area contributed by atoms with Crippen molar-refractivity contribution in [3.05, 3.63) is 36.0 Å². The van der Waals surface area contributed by atoms with Gasteiger partial charge in [-0.15, -0.1) is 0 Å². The fraction of sp³-hybridized carbons (Fsp3) is 0.462. The molecular formula is C13H21N3. The van der Waals surface area contributed by atoms with E-state index in [-0.39, 0.29) is 0 Å². The molecule has 0 aliphatic rings. The van der Waals surface area contributed by atoms with Gasteiger partial charge in [0.15, 0.2) is 0 Å². The first-order chi connectivity index (χ1) is 7.84. The van der Waals surface area contributed by atoms with Gasteiger partial charge >= 0.3 is 0 Å². The lowest BCUT2D eigenvalue weighted by atomic mass is 10.2. The molecule has 0 atom stereocenters. The van der Waals surface area contributed by atoms with E-state index in [0.29, 0.717) is 5.82 Å². The van der Waals surface area contributed by atoms with Crippen molar-refractivity contribution in [2.24, 2.45) is 0 Å². The van der Waals surface area contributed by atoms with Crippen LogP contribution in [0.3, 0.4) is 0 Å². The monoisotopic (exact) mass is 219 g/mol. The highest BCUT2D eigenvalue weighted by Gasteiger charge is 1.94. The number of nitrogens with two attached hydrogens (primary N) is 1. The standard InChI is InChI=1S/C13H21N3/c1-2-9-15-10-5-3-4-7-12-8-6-11-16-13(12)14/h3-4,6,8,11,15H,2,5,7,9-10H2,1H3,(H2,14,16). The van der Waals surface area contributed by atoms with E-state index in [1.165, 1.54) is 6.42 Å². The van der Waals surface area contributed by atoms with Crippen LogP contribution in [0.5, 0.6) is 0 Å². The number of pyridine rings is 1. The second-order valence-electron chi connectivity index (χ2n) is 3.76. The minimum Gasteiger partial charge on any atom is -0.383 e. The van der Waals surface area contributed by atoms with Crippen LogP contribution in [-0.4, -0.2) is 18.1 Å². The zero-order chi connectivity index (χ0) is 11.6. The molecule has 88 valence electrons. The maximum Gasteiger partial charge on any atom is 0.126 e. The van der Waals surface area contributed by atoms with Crippen LogP contribution in [0, 0.1) is 0 Å². The zero-order valence-corrected chi connectivity index (χ0v) is 9.95. The molecule has 0 unspecified atom stereocenters. The van der Waals surface area contributed by atoms with Crippen molar-refractivity contribution in [1.82, 2.24) is 10.3 Å². The van der Waals surface area contributed by atoms with E-state index >= 15 is 0 Å². The maximum atomic E-state index is 5.74. The summed E-state index contributed by atoms with van der Waals surface area (Å²) in [5, 5.41) is 3.36. The topological polar surface area (TPSA) is 50.9 Å². The lowest BCUT2D eigenvalue weighted by molar-refractivity contribution is 0.678. The van der Waals surface area contributed by atoms with Gasteiger partial charge in [0.1, 0.15) is 5.82 Å². The first-order valence-corrected chi connectivity index (χ1v) is 5.89. The van der Waals surface area contributed by atoms with Crippen LogP contribution >= 0.6 is 0 Å². The highest BCUT2D eigenvalue weighted by molar-refractivity contribution is 5.39. The van der Waals surface area contributed by atoms with E-state index in [1.807, 2.05) is 12.1 Å². The molecule has 1 rings (SSSR count). The van der Waals surface area contributed by atoms with Crippen molar-refractivity contribution in [3.8, 4) is 0 Å². The number of rotatable bonds is 7. The second kappa shape index (κ2) is 7.88. The summed E-state index contributed by atoms with van der Waals surface area (Å²) in [5.41, 5.74) is 6.84. The summed E-state index contributed by atoms with van der Waals surface area (Å²) >= 11 is 0. The fourth-order valence-corrected chi connectivity index (χ4v) is 1.44. The highest BCUT2D eigenvalue weighted by Crippen LogP contribution is 2.07. The Kier molecular flexibility index (Phi) is 6.26. The van der Waals surface area contributed by atoms with Crippen LogP contribution in [0.1, 0.15) is 25.3 Å². The number of nitrogen functional groups attached to an aromatic ring is 1. The molecule has 0 spiro atoms. The second-order valence-corrected chi connectivity index (χ2v) is 3.76. The number of hydrogen-bond acceptors (Lipinski definition) is 3. The zero-order valence-electron chi connectivity index (χ0n) is 9.95. The van der Waals surface area contributed by atoms with Crippen LogP contribution in [0.4, 0.5) is 5.82 Å². The minimum absolute atomic E-state index is 0.635. The van der Waals surface area contributed by atoms with Crippen molar-refractivity contribution < 1.29 is 0 Å². The molecule has 0 fully saturated rings. The van der Waals surface area contributed by atoms with Gasteiger partial charge < -0.3 is 11.1 Å². The van der Waals surface area contributed by atoms with Gasteiger partial charge in [-0.05, 0) is 44.0 Å². The van der Waals surface area contributed by atoms with E-state index < -0.39 is 0 Å². The molecule has 0 aliphatic carbocycles. The van der Waals surface area contributed by atoms with Gasteiger partial charge in [-0.1, -0.05) is 25.1 Å². The average molecular weight is 219 g/mol.